The van der Waals surface area contributed by atoms with E-state index in [0.29, 0.717) is 12.6 Å². The smallest absolute Gasteiger partial charge is 0.226 e. The van der Waals surface area contributed by atoms with Crippen molar-refractivity contribution in [2.24, 2.45) is 0 Å². The van der Waals surface area contributed by atoms with E-state index in [1.807, 2.05) is 6.92 Å². The van der Waals surface area contributed by atoms with Gasteiger partial charge in [0.1, 0.15) is 10.6 Å². The van der Waals surface area contributed by atoms with E-state index < -0.39 is 0 Å². The van der Waals surface area contributed by atoms with Gasteiger partial charge in [0.2, 0.25) is 5.95 Å². The number of aromatic nitrogens is 2. The molecule has 6 heteroatoms. The maximum Gasteiger partial charge on any atom is 0.226 e. The van der Waals surface area contributed by atoms with Crippen molar-refractivity contribution in [1.29, 1.82) is 0 Å². The van der Waals surface area contributed by atoms with Gasteiger partial charge in [-0.25, -0.2) is 4.98 Å². The molecule has 5 nitrogen and oxygen atoms in total. The first-order chi connectivity index (χ1) is 9.67. The summed E-state index contributed by atoms with van der Waals surface area (Å²) < 4.78 is 5.24. The minimum Gasteiger partial charge on any atom is -0.383 e. The monoisotopic (exact) mass is 294 g/mol. The van der Waals surface area contributed by atoms with Crippen molar-refractivity contribution in [3.05, 3.63) is 10.9 Å². The largest absolute Gasteiger partial charge is 0.383 e. The van der Waals surface area contributed by atoms with Gasteiger partial charge < -0.3 is 15.4 Å². The van der Waals surface area contributed by atoms with Crippen LogP contribution in [0.25, 0.3) is 10.2 Å². The number of hydrogen-bond acceptors (Lipinski definition) is 6. The molecule has 0 aliphatic heterocycles. The molecule has 2 N–H and O–H groups in total. The standard InChI is InChI=1S/C14H22N4OS/c1-5-10(8-19-4)16-12-11-7-9(3)20-13(11)18-14(17-12)15-6-2/h7,10H,5-6,8H2,1-4H3,(H2,15,16,17,18). The molecule has 2 aromatic rings. The molecule has 0 spiro atoms. The number of ether oxygens (including phenoxy) is 1. The molecule has 2 heterocycles. The van der Waals surface area contributed by atoms with Crippen LogP contribution in [-0.4, -0.2) is 36.3 Å². The van der Waals surface area contributed by atoms with Gasteiger partial charge in [-0.05, 0) is 26.3 Å². The highest BCUT2D eigenvalue weighted by Gasteiger charge is 2.13. The van der Waals surface area contributed by atoms with Crippen LogP contribution in [0.15, 0.2) is 6.07 Å². The molecular weight excluding hydrogens is 272 g/mol. The summed E-state index contributed by atoms with van der Waals surface area (Å²) in [5, 5.41) is 7.75. The zero-order valence-corrected chi connectivity index (χ0v) is 13.3. The molecule has 110 valence electrons. The average molecular weight is 294 g/mol. The fraction of sp³-hybridized carbons (Fsp3) is 0.571. The highest BCUT2D eigenvalue weighted by Crippen LogP contribution is 2.30. The topological polar surface area (TPSA) is 59.1 Å². The summed E-state index contributed by atoms with van der Waals surface area (Å²) in [6, 6.07) is 2.39. The van der Waals surface area contributed by atoms with Crippen LogP contribution in [0.1, 0.15) is 25.1 Å². The second-order valence-corrected chi connectivity index (χ2v) is 5.94. The first-order valence-electron chi connectivity index (χ1n) is 6.95. The maximum atomic E-state index is 5.24. The molecule has 0 fully saturated rings. The van der Waals surface area contributed by atoms with Crippen LogP contribution in [-0.2, 0) is 4.74 Å². The van der Waals surface area contributed by atoms with Crippen molar-refractivity contribution in [1.82, 2.24) is 9.97 Å². The molecule has 0 bridgehead atoms. The lowest BCUT2D eigenvalue weighted by molar-refractivity contribution is 0.184. The van der Waals surface area contributed by atoms with Gasteiger partial charge in [-0.15, -0.1) is 11.3 Å². The summed E-state index contributed by atoms with van der Waals surface area (Å²) in [4.78, 5) is 11.4. The number of hydrogen-bond donors (Lipinski definition) is 2. The summed E-state index contributed by atoms with van der Waals surface area (Å²) in [5.74, 6) is 1.57. The van der Waals surface area contributed by atoms with Crippen LogP contribution < -0.4 is 10.6 Å². The second kappa shape index (κ2) is 6.85. The number of thiophene rings is 1. The molecule has 0 aliphatic rings. The number of methoxy groups -OCH3 is 1. The molecule has 20 heavy (non-hydrogen) atoms. The quantitative estimate of drug-likeness (QED) is 0.820. The molecule has 0 radical (unpaired) electrons. The predicted octanol–water partition coefficient (Wildman–Crippen LogP) is 3.27. The maximum absolute atomic E-state index is 5.24. The van der Waals surface area contributed by atoms with E-state index in [4.69, 9.17) is 4.74 Å². The van der Waals surface area contributed by atoms with Crippen molar-refractivity contribution in [2.75, 3.05) is 30.9 Å². The molecule has 1 unspecified atom stereocenters. The third-order valence-corrected chi connectivity index (χ3v) is 4.00. The third-order valence-electron chi connectivity index (χ3n) is 3.05. The Balaban J connectivity index is 2.37. The van der Waals surface area contributed by atoms with Gasteiger partial charge in [0.15, 0.2) is 0 Å². The molecule has 0 saturated carbocycles. The van der Waals surface area contributed by atoms with Crippen molar-refractivity contribution in [2.45, 2.75) is 33.2 Å². The van der Waals surface area contributed by atoms with E-state index in [-0.39, 0.29) is 6.04 Å². The van der Waals surface area contributed by atoms with E-state index in [1.165, 1.54) is 4.88 Å². The Hall–Kier alpha value is -1.40. The Bertz CT molecular complexity index is 570. The minimum atomic E-state index is 0.257. The first-order valence-corrected chi connectivity index (χ1v) is 7.77. The van der Waals surface area contributed by atoms with Crippen LogP contribution >= 0.6 is 11.3 Å². The Morgan fingerprint density at radius 2 is 2.15 bits per heavy atom. The molecule has 2 rings (SSSR count). The summed E-state index contributed by atoms with van der Waals surface area (Å²) in [5.41, 5.74) is 0. The van der Waals surface area contributed by atoms with E-state index in [1.54, 1.807) is 18.4 Å². The SMILES string of the molecule is CCNc1nc(NC(CC)COC)c2cc(C)sc2n1. The number of anilines is 2. The number of nitrogens with zero attached hydrogens (tertiary/aromatic N) is 2. The van der Waals surface area contributed by atoms with Crippen LogP contribution in [0, 0.1) is 6.92 Å². The van der Waals surface area contributed by atoms with Gasteiger partial charge in [0.05, 0.1) is 18.0 Å². The Morgan fingerprint density at radius 3 is 2.80 bits per heavy atom. The Labute approximate surface area is 123 Å². The fourth-order valence-corrected chi connectivity index (χ4v) is 2.92. The molecule has 0 saturated heterocycles. The molecule has 0 amide bonds. The van der Waals surface area contributed by atoms with Crippen LogP contribution in [0.5, 0.6) is 0 Å². The van der Waals surface area contributed by atoms with E-state index in [9.17, 15) is 0 Å². The lowest BCUT2D eigenvalue weighted by Gasteiger charge is -2.17. The van der Waals surface area contributed by atoms with Crippen LogP contribution in [0.3, 0.4) is 0 Å². The number of rotatable bonds is 7. The summed E-state index contributed by atoms with van der Waals surface area (Å²) >= 11 is 1.69. The summed E-state index contributed by atoms with van der Waals surface area (Å²) in [7, 11) is 1.72. The average Bonchev–Trinajstić information content (AvgIpc) is 2.79. The highest BCUT2D eigenvalue weighted by atomic mass is 32.1. The third kappa shape index (κ3) is 3.37. The fourth-order valence-electron chi connectivity index (χ4n) is 2.05. The normalized spacial score (nSPS) is 12.6. The zero-order valence-electron chi connectivity index (χ0n) is 12.5. The molecule has 0 aliphatic carbocycles. The minimum absolute atomic E-state index is 0.257. The van der Waals surface area contributed by atoms with Crippen molar-refractivity contribution < 1.29 is 4.74 Å². The number of nitrogens with one attached hydrogen (secondary N) is 2. The molecule has 0 aromatic carbocycles. The van der Waals surface area contributed by atoms with Gasteiger partial charge in [-0.1, -0.05) is 6.92 Å². The van der Waals surface area contributed by atoms with Gasteiger partial charge >= 0.3 is 0 Å². The van der Waals surface area contributed by atoms with Crippen molar-refractivity contribution in [3.63, 3.8) is 0 Å². The summed E-state index contributed by atoms with van der Waals surface area (Å²) in [6.45, 7) is 7.75. The molecular formula is C14H22N4OS. The Kier molecular flexibility index (Phi) is 5.14. The van der Waals surface area contributed by atoms with Crippen molar-refractivity contribution >= 4 is 33.3 Å². The zero-order chi connectivity index (χ0) is 14.5. The summed E-state index contributed by atoms with van der Waals surface area (Å²) in [6.07, 6.45) is 0.985. The Morgan fingerprint density at radius 1 is 1.35 bits per heavy atom. The lowest BCUT2D eigenvalue weighted by Crippen LogP contribution is -2.24. The van der Waals surface area contributed by atoms with Gasteiger partial charge in [-0.2, -0.15) is 4.98 Å². The van der Waals surface area contributed by atoms with Crippen LogP contribution in [0.4, 0.5) is 11.8 Å². The first kappa shape index (κ1) is 15.0. The van der Waals surface area contributed by atoms with Gasteiger partial charge in [0, 0.05) is 18.5 Å². The molecule has 2 aromatic heterocycles. The van der Waals surface area contributed by atoms with Crippen LogP contribution in [0.2, 0.25) is 0 Å². The van der Waals surface area contributed by atoms with Crippen molar-refractivity contribution in [3.8, 4) is 0 Å². The number of aryl methyl sites for hydroxylation is 1. The van der Waals surface area contributed by atoms with Gasteiger partial charge in [-0.3, -0.25) is 0 Å². The highest BCUT2D eigenvalue weighted by molar-refractivity contribution is 7.18. The lowest BCUT2D eigenvalue weighted by atomic mass is 10.2. The van der Waals surface area contributed by atoms with E-state index in [0.717, 1.165) is 29.0 Å². The second-order valence-electron chi connectivity index (χ2n) is 4.71. The van der Waals surface area contributed by atoms with E-state index >= 15 is 0 Å². The molecule has 1 atom stereocenters. The number of fused-ring (bicyclic) bond motifs is 1. The predicted molar refractivity (Wildman–Crippen MR) is 85.9 cm³/mol. The van der Waals surface area contributed by atoms with Gasteiger partial charge in [0.25, 0.3) is 0 Å². The van der Waals surface area contributed by atoms with E-state index in [2.05, 4.69) is 40.5 Å².